The summed E-state index contributed by atoms with van der Waals surface area (Å²) in [7, 11) is -1.12. The Morgan fingerprint density at radius 3 is 1.12 bits per heavy atom. The average molecular weight is 783 g/mol. The number of hydrogen-bond acceptors (Lipinski definition) is 0. The smallest absolute Gasteiger partial charge is 0.133 e. The summed E-state index contributed by atoms with van der Waals surface area (Å²) in [6, 6.07) is 37.0. The molecule has 0 atom stereocenters. The van der Waals surface area contributed by atoms with Crippen LogP contribution in [-0.2, 0) is 36.7 Å². The molecule has 5 rings (SSSR count). The van der Waals surface area contributed by atoms with Gasteiger partial charge in [-0.15, -0.1) is 30.4 Å². The summed E-state index contributed by atoms with van der Waals surface area (Å²) in [6.45, 7) is 19.5. The molecule has 1 nitrogen and oxygen atoms in total. The third kappa shape index (κ3) is 9.25. The number of benzene rings is 4. The van der Waals surface area contributed by atoms with E-state index in [1.54, 1.807) is 0 Å². The van der Waals surface area contributed by atoms with Gasteiger partial charge < -0.3 is 5.73 Å². The van der Waals surface area contributed by atoms with Crippen molar-refractivity contribution >= 4 is 44.0 Å². The van der Waals surface area contributed by atoms with Crippen molar-refractivity contribution in [3.63, 3.8) is 0 Å². The molecule has 223 valence electrons. The number of rotatable bonds is 3. The first-order chi connectivity index (χ1) is 18.1. The number of halogens is 2. The van der Waals surface area contributed by atoms with Crippen LogP contribution >= 0.6 is 24.8 Å². The molecule has 1 aliphatic rings. The molecular weight excluding hydrogens is 736 g/mol. The van der Waals surface area contributed by atoms with E-state index in [1.165, 1.54) is 43.8 Å². The minimum atomic E-state index is -1.12. The summed E-state index contributed by atoms with van der Waals surface area (Å²) in [6.07, 6.45) is 0. The summed E-state index contributed by atoms with van der Waals surface area (Å²) in [5.74, 6) is 0. The Balaban J connectivity index is 0.00000102. The average Bonchev–Trinajstić information content (AvgIpc) is 3.17. The van der Waals surface area contributed by atoms with E-state index in [0.29, 0.717) is 5.54 Å². The summed E-state index contributed by atoms with van der Waals surface area (Å²) in [5.41, 5.74) is 16.0. The van der Waals surface area contributed by atoms with Crippen molar-refractivity contribution in [1.29, 1.82) is 0 Å². The van der Waals surface area contributed by atoms with Crippen molar-refractivity contribution in [2.75, 3.05) is 0 Å². The second kappa shape index (κ2) is 15.0. The van der Waals surface area contributed by atoms with Gasteiger partial charge in [-0.05, 0) is 44.2 Å². The topological polar surface area (TPSA) is 23.8 Å². The maximum atomic E-state index is 6.94. The summed E-state index contributed by atoms with van der Waals surface area (Å²) in [5, 5.41) is 2.95. The monoisotopic (exact) mass is 783 g/mol. The zero-order valence-electron chi connectivity index (χ0n) is 26.6. The van der Waals surface area contributed by atoms with Crippen molar-refractivity contribution in [1.82, 2.24) is 0 Å². The van der Waals surface area contributed by atoms with Crippen LogP contribution in [0.15, 0.2) is 97.1 Å². The Morgan fingerprint density at radius 2 is 0.833 bits per heavy atom. The number of hydrogen-bond donors (Lipinski definition) is 0. The Hall–Kier alpha value is -1.49. The molecular formula is C37H47Cl2HfNSi-. The van der Waals surface area contributed by atoms with E-state index >= 15 is 0 Å². The van der Waals surface area contributed by atoms with Crippen LogP contribution in [0.5, 0.6) is 0 Å². The number of nitrogens with one attached hydrogen (secondary N) is 1. The molecule has 5 heteroatoms. The SMILES string of the molecule is CC(C)(C)[NH-].CC(C)(C)c1ccc2c(c1)C([Si](c1ccccc1)c1ccccc1)c1cc(C(C)(C)C)ccc1-2.Cl.Cl.[Hf]. The van der Waals surface area contributed by atoms with E-state index in [4.69, 9.17) is 5.73 Å². The van der Waals surface area contributed by atoms with Gasteiger partial charge in [-0.2, -0.15) is 0 Å². The largest absolute Gasteiger partial charge is 0.673 e. The third-order valence-corrected chi connectivity index (χ3v) is 10.3. The fourth-order valence-corrected chi connectivity index (χ4v) is 8.44. The van der Waals surface area contributed by atoms with E-state index in [9.17, 15) is 0 Å². The molecule has 0 saturated carbocycles. The van der Waals surface area contributed by atoms with Gasteiger partial charge in [0, 0.05) is 31.4 Å². The van der Waals surface area contributed by atoms with E-state index in [0.717, 1.165) is 0 Å². The van der Waals surface area contributed by atoms with Gasteiger partial charge in [0.15, 0.2) is 0 Å². The second-order valence-corrected chi connectivity index (χ2v) is 16.5. The molecule has 1 N–H and O–H groups in total. The maximum absolute atomic E-state index is 6.94. The first-order valence-electron chi connectivity index (χ1n) is 14.2. The fourth-order valence-electron chi connectivity index (χ4n) is 5.24. The molecule has 0 aromatic heterocycles. The van der Waals surface area contributed by atoms with Crippen LogP contribution < -0.4 is 10.4 Å². The van der Waals surface area contributed by atoms with Gasteiger partial charge in [0.25, 0.3) is 0 Å². The van der Waals surface area contributed by atoms with Crippen LogP contribution in [0.4, 0.5) is 0 Å². The first-order valence-corrected chi connectivity index (χ1v) is 15.7. The molecule has 0 unspecified atom stereocenters. The van der Waals surface area contributed by atoms with E-state index in [-0.39, 0.29) is 67.0 Å². The zero-order chi connectivity index (χ0) is 28.6. The predicted molar refractivity (Wildman–Crippen MR) is 188 cm³/mol. The van der Waals surface area contributed by atoms with Gasteiger partial charge in [0.2, 0.25) is 0 Å². The Morgan fingerprint density at radius 1 is 0.524 bits per heavy atom. The van der Waals surface area contributed by atoms with Crippen molar-refractivity contribution in [3.05, 3.63) is 125 Å². The van der Waals surface area contributed by atoms with Gasteiger partial charge in [-0.1, -0.05) is 170 Å². The molecule has 1 radical (unpaired) electrons. The molecule has 0 spiro atoms. The maximum Gasteiger partial charge on any atom is 0.133 e. The normalized spacial score (nSPS) is 12.5. The van der Waals surface area contributed by atoms with Crippen molar-refractivity contribution in [2.24, 2.45) is 0 Å². The molecule has 42 heavy (non-hydrogen) atoms. The second-order valence-electron chi connectivity index (χ2n) is 13.9. The van der Waals surface area contributed by atoms with Crippen LogP contribution in [0.3, 0.4) is 0 Å². The van der Waals surface area contributed by atoms with Gasteiger partial charge in [-0.25, -0.2) is 0 Å². The Bertz CT molecular complexity index is 1310. The van der Waals surface area contributed by atoms with Crippen LogP contribution in [0.2, 0.25) is 0 Å². The molecule has 0 bridgehead atoms. The molecule has 0 fully saturated rings. The molecule has 0 saturated heterocycles. The van der Waals surface area contributed by atoms with Crippen molar-refractivity contribution in [2.45, 2.75) is 84.2 Å². The van der Waals surface area contributed by atoms with Crippen molar-refractivity contribution < 1.29 is 25.8 Å². The summed E-state index contributed by atoms with van der Waals surface area (Å²) >= 11 is 0. The molecule has 4 aromatic carbocycles. The molecule has 0 aliphatic heterocycles. The third-order valence-electron chi connectivity index (χ3n) is 7.21. The number of fused-ring (bicyclic) bond motifs is 3. The van der Waals surface area contributed by atoms with E-state index in [1.807, 2.05) is 20.8 Å². The quantitative estimate of drug-likeness (QED) is 0.185. The van der Waals surface area contributed by atoms with Crippen LogP contribution in [0.25, 0.3) is 16.9 Å². The Labute approximate surface area is 288 Å². The Kier molecular flexibility index (Phi) is 13.8. The van der Waals surface area contributed by atoms with Crippen LogP contribution in [0.1, 0.15) is 90.1 Å². The molecule has 0 amide bonds. The van der Waals surface area contributed by atoms with Gasteiger partial charge in [0.1, 0.15) is 8.80 Å². The van der Waals surface area contributed by atoms with E-state index in [2.05, 4.69) is 139 Å². The van der Waals surface area contributed by atoms with E-state index < -0.39 is 8.80 Å². The van der Waals surface area contributed by atoms with Gasteiger partial charge >= 0.3 is 0 Å². The molecule has 0 heterocycles. The van der Waals surface area contributed by atoms with Crippen LogP contribution in [-0.4, -0.2) is 14.3 Å². The van der Waals surface area contributed by atoms with Crippen molar-refractivity contribution in [3.8, 4) is 11.1 Å². The fraction of sp³-hybridized carbons (Fsp3) is 0.351. The summed E-state index contributed by atoms with van der Waals surface area (Å²) in [4.78, 5) is 0. The minimum Gasteiger partial charge on any atom is -0.673 e. The standard InChI is InChI=1S/C33H35Si.C4H10N.2ClH.Hf/c1-32(2,3)23-17-19-27-28-20-18-24(33(4,5)6)22-30(28)31(29(27)21-23)34(25-13-9-7-10-14-25)26-15-11-8-12-16-26;1-4(2,3)5;;;/h7-22,31H,1-6H3;5H,1-3H3;2*1H;/q;-1;;;. The molecule has 1 aliphatic carbocycles. The minimum absolute atomic E-state index is 0. The molecule has 4 aromatic rings. The zero-order valence-corrected chi connectivity index (χ0v) is 32.9. The van der Waals surface area contributed by atoms with Gasteiger partial charge in [0.05, 0.1) is 0 Å². The summed E-state index contributed by atoms with van der Waals surface area (Å²) < 4.78 is 0. The van der Waals surface area contributed by atoms with Gasteiger partial charge in [-0.3, -0.25) is 0 Å². The first kappa shape index (κ1) is 38.5. The predicted octanol–water partition coefficient (Wildman–Crippen LogP) is 9.92. The van der Waals surface area contributed by atoms with Crippen LogP contribution in [0, 0.1) is 0 Å².